The molecule has 2 heteroatoms. The van der Waals surface area contributed by atoms with E-state index in [-0.39, 0.29) is 16.2 Å². The maximum absolute atomic E-state index is 4.24. The average molecular weight is 957 g/mol. The highest BCUT2D eigenvalue weighted by molar-refractivity contribution is 5.91. The molecule has 0 fully saturated rings. The zero-order valence-electron chi connectivity index (χ0n) is 44.4. The Morgan fingerprint density at radius 1 is 0.365 bits per heavy atom. The molecule has 0 spiro atoms. The minimum atomic E-state index is -0.203. The normalized spacial score (nSPS) is 14.7. The lowest BCUT2D eigenvalue weighted by Gasteiger charge is -2.29. The maximum atomic E-state index is 4.24. The summed E-state index contributed by atoms with van der Waals surface area (Å²) in [5, 5.41) is 0. The third-order valence-electron chi connectivity index (χ3n) is 16.8. The fourth-order valence-corrected chi connectivity index (χ4v) is 12.5. The summed E-state index contributed by atoms with van der Waals surface area (Å²) < 4.78 is 0. The standard InChI is InChI=1S/C72H64N2/c1-12-47(4)57-35-29-53(39-48(57)5)73(51-25-17-45(2)18-26-51)54-31-37-62-59-33-23-49(40-65(59)71(8,9)68(62)43-54)21-22-50-24-34-60-63-38-32-56(44-69(63)72(10,11)66(60)41-50)74(52-27-19-46(3)20-28-52)55-30-36-61-58-15-13-14-16-64(58)70(6,7)67(61)42-55/h12-44H,1,4H2,2-3,5-11H3. The lowest BCUT2D eigenvalue weighted by molar-refractivity contribution is 0.659. The van der Waals surface area contributed by atoms with Gasteiger partial charge in [-0.1, -0.05) is 193 Å². The van der Waals surface area contributed by atoms with Gasteiger partial charge in [-0.05, 0) is 188 Å². The molecule has 0 heterocycles. The molecule has 0 saturated carbocycles. The van der Waals surface area contributed by atoms with E-state index >= 15 is 0 Å². The van der Waals surface area contributed by atoms with Crippen molar-refractivity contribution in [2.24, 2.45) is 0 Å². The summed E-state index contributed by atoms with van der Waals surface area (Å²) in [4.78, 5) is 4.83. The summed E-state index contributed by atoms with van der Waals surface area (Å²) in [6.45, 7) is 28.9. The molecule has 9 aromatic carbocycles. The first-order valence-electron chi connectivity index (χ1n) is 26.2. The fourth-order valence-electron chi connectivity index (χ4n) is 12.5. The highest BCUT2D eigenvalue weighted by Gasteiger charge is 2.39. The first kappa shape index (κ1) is 46.8. The molecule has 0 bridgehead atoms. The number of benzene rings is 9. The largest absolute Gasteiger partial charge is 0.310 e. The van der Waals surface area contributed by atoms with Crippen LogP contribution in [0.3, 0.4) is 0 Å². The Kier molecular flexibility index (Phi) is 10.9. The van der Waals surface area contributed by atoms with Crippen LogP contribution in [0.4, 0.5) is 34.1 Å². The SMILES string of the molecule is C=CC(=C)c1ccc(N(c2ccc(C)cc2)c2ccc3c(c2)C(C)(C)c2cc(C=Cc4ccc5c(c4)C(C)(C)c4cc(N(c6ccc(C)cc6)c6ccc7c(c6)C(C)(C)c6ccccc6-7)ccc4-5)ccc2-3)cc1C. The lowest BCUT2D eigenvalue weighted by Crippen LogP contribution is -2.18. The molecule has 74 heavy (non-hydrogen) atoms. The molecule has 0 unspecified atom stereocenters. The Balaban J connectivity index is 0.839. The number of rotatable bonds is 10. The molecular formula is C72H64N2. The maximum Gasteiger partial charge on any atom is 0.0465 e. The van der Waals surface area contributed by atoms with Gasteiger partial charge in [0.1, 0.15) is 0 Å². The Labute approximate surface area is 439 Å². The number of fused-ring (bicyclic) bond motifs is 9. The van der Waals surface area contributed by atoms with Gasteiger partial charge in [0.25, 0.3) is 0 Å². The van der Waals surface area contributed by atoms with Crippen molar-refractivity contribution in [2.45, 2.75) is 78.6 Å². The summed E-state index contributed by atoms with van der Waals surface area (Å²) >= 11 is 0. The van der Waals surface area contributed by atoms with E-state index in [2.05, 4.69) is 279 Å². The van der Waals surface area contributed by atoms with Gasteiger partial charge in [-0.3, -0.25) is 0 Å². The van der Waals surface area contributed by atoms with Crippen LogP contribution in [0, 0.1) is 20.8 Å². The topological polar surface area (TPSA) is 6.48 Å². The van der Waals surface area contributed by atoms with E-state index in [1.165, 1.54) is 106 Å². The molecule has 2 nitrogen and oxygen atoms in total. The van der Waals surface area contributed by atoms with E-state index < -0.39 is 0 Å². The van der Waals surface area contributed by atoms with Crippen LogP contribution in [0.5, 0.6) is 0 Å². The molecule has 0 aromatic heterocycles. The molecule has 9 aromatic rings. The van der Waals surface area contributed by atoms with E-state index in [4.69, 9.17) is 0 Å². The first-order valence-corrected chi connectivity index (χ1v) is 26.2. The van der Waals surface area contributed by atoms with Crippen LogP contribution < -0.4 is 9.80 Å². The van der Waals surface area contributed by atoms with Crippen LogP contribution in [-0.2, 0) is 16.2 Å². The molecule has 0 N–H and O–H groups in total. The number of allylic oxidation sites excluding steroid dienone is 2. The molecule has 0 amide bonds. The zero-order valence-corrected chi connectivity index (χ0v) is 44.4. The van der Waals surface area contributed by atoms with Crippen molar-refractivity contribution < 1.29 is 0 Å². The summed E-state index contributed by atoms with van der Waals surface area (Å²) in [5.41, 5.74) is 30.6. The lowest BCUT2D eigenvalue weighted by atomic mass is 9.81. The quantitative estimate of drug-likeness (QED) is 0.0995. The predicted octanol–water partition coefficient (Wildman–Crippen LogP) is 19.8. The van der Waals surface area contributed by atoms with Gasteiger partial charge in [0, 0.05) is 50.4 Å². The van der Waals surface area contributed by atoms with E-state index in [0.29, 0.717) is 0 Å². The zero-order chi connectivity index (χ0) is 51.4. The third kappa shape index (κ3) is 7.45. The van der Waals surface area contributed by atoms with Crippen LogP contribution in [-0.4, -0.2) is 0 Å². The van der Waals surface area contributed by atoms with Gasteiger partial charge < -0.3 is 9.80 Å². The number of nitrogens with zero attached hydrogens (tertiary/aromatic N) is 2. The van der Waals surface area contributed by atoms with Crippen LogP contribution in [0.15, 0.2) is 201 Å². The van der Waals surface area contributed by atoms with Crippen molar-refractivity contribution in [1.29, 1.82) is 0 Å². The Hall–Kier alpha value is -8.20. The average Bonchev–Trinajstić information content (AvgIpc) is 3.89. The van der Waals surface area contributed by atoms with Crippen molar-refractivity contribution in [1.82, 2.24) is 0 Å². The number of anilines is 6. The second-order valence-electron chi connectivity index (χ2n) is 22.6. The highest BCUT2D eigenvalue weighted by Crippen LogP contribution is 2.55. The van der Waals surface area contributed by atoms with Crippen molar-refractivity contribution in [2.75, 3.05) is 9.80 Å². The van der Waals surface area contributed by atoms with Crippen LogP contribution in [0.2, 0.25) is 0 Å². The van der Waals surface area contributed by atoms with E-state index in [9.17, 15) is 0 Å². The second-order valence-corrected chi connectivity index (χ2v) is 22.6. The molecule has 0 radical (unpaired) electrons. The number of hydrogen-bond acceptors (Lipinski definition) is 2. The molecule has 3 aliphatic rings. The van der Waals surface area contributed by atoms with Crippen LogP contribution in [0.1, 0.15) is 108 Å². The molecule has 12 rings (SSSR count). The molecule has 0 atom stereocenters. The Bertz CT molecular complexity index is 3820. The summed E-state index contributed by atoms with van der Waals surface area (Å²) in [6.07, 6.45) is 6.42. The van der Waals surface area contributed by atoms with Gasteiger partial charge in [0.05, 0.1) is 0 Å². The molecule has 0 saturated heterocycles. The summed E-state index contributed by atoms with van der Waals surface area (Å²) in [6, 6.07) is 68.7. The fraction of sp³-hybridized carbons (Fsp3) is 0.167. The van der Waals surface area contributed by atoms with Gasteiger partial charge in [-0.2, -0.15) is 0 Å². The van der Waals surface area contributed by atoms with Gasteiger partial charge in [-0.15, -0.1) is 0 Å². The van der Waals surface area contributed by atoms with Gasteiger partial charge in [0.2, 0.25) is 0 Å². The number of aryl methyl sites for hydroxylation is 3. The third-order valence-corrected chi connectivity index (χ3v) is 16.8. The summed E-state index contributed by atoms with van der Waals surface area (Å²) in [5.74, 6) is 0. The predicted molar refractivity (Wildman–Crippen MR) is 317 cm³/mol. The smallest absolute Gasteiger partial charge is 0.0465 e. The minimum Gasteiger partial charge on any atom is -0.310 e. The molecule has 0 aliphatic heterocycles. The van der Waals surface area contributed by atoms with E-state index in [1.54, 1.807) is 0 Å². The summed E-state index contributed by atoms with van der Waals surface area (Å²) in [7, 11) is 0. The monoisotopic (exact) mass is 957 g/mol. The van der Waals surface area contributed by atoms with Crippen molar-refractivity contribution in [3.63, 3.8) is 0 Å². The Morgan fingerprint density at radius 2 is 0.703 bits per heavy atom. The first-order chi connectivity index (χ1) is 35.5. The highest BCUT2D eigenvalue weighted by atomic mass is 15.1. The van der Waals surface area contributed by atoms with Crippen molar-refractivity contribution in [3.05, 3.63) is 268 Å². The molecule has 3 aliphatic carbocycles. The Morgan fingerprint density at radius 3 is 1.12 bits per heavy atom. The molecule has 362 valence electrons. The van der Waals surface area contributed by atoms with Crippen molar-refractivity contribution in [3.8, 4) is 33.4 Å². The van der Waals surface area contributed by atoms with Gasteiger partial charge in [0.15, 0.2) is 0 Å². The second kappa shape index (κ2) is 17.2. The van der Waals surface area contributed by atoms with Crippen molar-refractivity contribution >= 4 is 51.8 Å². The van der Waals surface area contributed by atoms with Crippen LogP contribution >= 0.6 is 0 Å². The van der Waals surface area contributed by atoms with E-state index in [0.717, 1.165) is 33.9 Å². The number of hydrogen-bond donors (Lipinski definition) is 0. The minimum absolute atomic E-state index is 0.0929. The van der Waals surface area contributed by atoms with Gasteiger partial charge >= 0.3 is 0 Å². The van der Waals surface area contributed by atoms with Gasteiger partial charge in [-0.25, -0.2) is 0 Å². The molecular weight excluding hydrogens is 893 g/mol. The van der Waals surface area contributed by atoms with E-state index in [1.807, 2.05) is 6.08 Å². The van der Waals surface area contributed by atoms with Crippen LogP contribution in [0.25, 0.3) is 51.1 Å².